The van der Waals surface area contributed by atoms with Gasteiger partial charge in [-0.1, -0.05) is 0 Å². The molecule has 1 aliphatic heterocycles. The van der Waals surface area contributed by atoms with Crippen molar-refractivity contribution in [3.8, 4) is 11.1 Å². The van der Waals surface area contributed by atoms with E-state index < -0.39 is 0 Å². The van der Waals surface area contributed by atoms with Crippen molar-refractivity contribution in [1.82, 2.24) is 24.6 Å². The number of carbonyl (C=O) groups excluding carboxylic acids is 2. The highest BCUT2D eigenvalue weighted by Crippen LogP contribution is 2.32. The van der Waals surface area contributed by atoms with Crippen molar-refractivity contribution in [2.24, 2.45) is 18.9 Å². The predicted octanol–water partition coefficient (Wildman–Crippen LogP) is 3.47. The maximum atomic E-state index is 14.7. The van der Waals surface area contributed by atoms with E-state index in [1.54, 1.807) is 10.9 Å². The first-order valence-corrected chi connectivity index (χ1v) is 12.4. The van der Waals surface area contributed by atoms with Crippen LogP contribution in [-0.2, 0) is 23.1 Å². The number of hydrogen-bond acceptors (Lipinski definition) is 5. The van der Waals surface area contributed by atoms with Gasteiger partial charge in [-0.25, -0.2) is 4.39 Å². The Bertz CT molecular complexity index is 1240. The van der Waals surface area contributed by atoms with Gasteiger partial charge in [0.25, 0.3) is 0 Å². The number of ketones is 1. The number of Topliss-reactive ketones (excluding diaryl/α,β-unsaturated/α-hetero) is 1. The zero-order chi connectivity index (χ0) is 24.5. The van der Waals surface area contributed by atoms with E-state index in [4.69, 9.17) is 0 Å². The Hall–Kier alpha value is -3.13. The molecule has 0 spiro atoms. The van der Waals surface area contributed by atoms with E-state index in [0.717, 1.165) is 68.4 Å². The van der Waals surface area contributed by atoms with E-state index in [0.29, 0.717) is 11.1 Å². The first-order chi connectivity index (χ1) is 16.9. The Kier molecular flexibility index (Phi) is 6.65. The lowest BCUT2D eigenvalue weighted by molar-refractivity contribution is -0.139. The molecule has 8 heteroatoms. The van der Waals surface area contributed by atoms with E-state index in [1.165, 1.54) is 12.3 Å². The number of nitrogens with zero attached hydrogens (tertiary/aromatic N) is 5. The molecule has 1 aliphatic carbocycles. The lowest BCUT2D eigenvalue weighted by atomic mass is 9.78. The van der Waals surface area contributed by atoms with Crippen LogP contribution >= 0.6 is 0 Å². The number of benzene rings is 1. The molecule has 7 nitrogen and oxygen atoms in total. The van der Waals surface area contributed by atoms with Crippen molar-refractivity contribution in [1.29, 1.82) is 0 Å². The number of aryl methyl sites for hydroxylation is 1. The summed E-state index contributed by atoms with van der Waals surface area (Å²) >= 11 is 0. The summed E-state index contributed by atoms with van der Waals surface area (Å²) in [5, 5.41) is 5.34. The molecular weight excluding hydrogens is 445 g/mol. The molecule has 1 aromatic carbocycles. The van der Waals surface area contributed by atoms with Crippen molar-refractivity contribution in [3.63, 3.8) is 0 Å². The number of aromatic nitrogens is 3. The van der Waals surface area contributed by atoms with Gasteiger partial charge < -0.3 is 9.80 Å². The van der Waals surface area contributed by atoms with Gasteiger partial charge in [-0.15, -0.1) is 0 Å². The molecule has 3 aromatic rings. The fraction of sp³-hybridized carbons (Fsp3) is 0.481. The van der Waals surface area contributed by atoms with Crippen LogP contribution in [0.3, 0.4) is 0 Å². The third kappa shape index (κ3) is 5.12. The van der Waals surface area contributed by atoms with Crippen LogP contribution in [0, 0.1) is 17.7 Å². The molecule has 2 fully saturated rings. The van der Waals surface area contributed by atoms with Gasteiger partial charge in [-0.3, -0.25) is 19.3 Å². The number of piperazine rings is 1. The topological polar surface area (TPSA) is 71.3 Å². The molecule has 35 heavy (non-hydrogen) atoms. The van der Waals surface area contributed by atoms with Crippen LogP contribution in [0.25, 0.3) is 21.9 Å². The molecule has 0 radical (unpaired) electrons. The van der Waals surface area contributed by atoms with Crippen LogP contribution in [0.15, 0.2) is 36.8 Å². The third-order valence-electron chi connectivity index (χ3n) is 7.58. The van der Waals surface area contributed by atoms with E-state index in [9.17, 15) is 14.0 Å². The fourth-order valence-electron chi connectivity index (χ4n) is 5.36. The fourth-order valence-corrected chi connectivity index (χ4v) is 5.36. The second kappa shape index (κ2) is 9.85. The number of amides is 1. The van der Waals surface area contributed by atoms with Gasteiger partial charge >= 0.3 is 0 Å². The zero-order valence-corrected chi connectivity index (χ0v) is 20.4. The Morgan fingerprint density at radius 3 is 2.34 bits per heavy atom. The van der Waals surface area contributed by atoms with Gasteiger partial charge in [0.05, 0.1) is 6.20 Å². The highest BCUT2D eigenvalue weighted by atomic mass is 19.1. The number of carbonyl (C=O) groups is 2. The summed E-state index contributed by atoms with van der Waals surface area (Å²) in [5.41, 5.74) is 2.24. The third-order valence-corrected chi connectivity index (χ3v) is 7.58. The molecule has 0 N–H and O–H groups in total. The van der Waals surface area contributed by atoms with Crippen LogP contribution in [-0.4, -0.2) is 69.5 Å². The standard InChI is InChI=1S/C27H32FN5O2/c1-31-7-9-33(10-8-31)27(35)19-5-3-18(4-6-19)26(34)14-23-12-21-11-20(22-15-30-32(2)17-22)13-25(28)24(21)16-29-23/h11-13,15-19H,3-10,14H2,1-2H3. The largest absolute Gasteiger partial charge is 0.340 e. The number of halogens is 1. The smallest absolute Gasteiger partial charge is 0.225 e. The summed E-state index contributed by atoms with van der Waals surface area (Å²) in [6.07, 6.45) is 8.34. The molecule has 5 rings (SSSR count). The van der Waals surface area contributed by atoms with Crippen LogP contribution in [0.1, 0.15) is 31.4 Å². The van der Waals surface area contributed by atoms with Gasteiger partial charge in [0.1, 0.15) is 11.6 Å². The van der Waals surface area contributed by atoms with Crippen molar-refractivity contribution in [3.05, 3.63) is 48.3 Å². The van der Waals surface area contributed by atoms with Crippen LogP contribution in [0.2, 0.25) is 0 Å². The average molecular weight is 478 g/mol. The Labute approximate surface area is 204 Å². The number of rotatable bonds is 5. The summed E-state index contributed by atoms with van der Waals surface area (Å²) in [5.74, 6) is 0.0746. The average Bonchev–Trinajstić information content (AvgIpc) is 3.30. The maximum Gasteiger partial charge on any atom is 0.225 e. The molecule has 2 aromatic heterocycles. The molecule has 2 aliphatic rings. The number of fused-ring (bicyclic) bond motifs is 1. The quantitative estimate of drug-likeness (QED) is 0.563. The summed E-state index contributed by atoms with van der Waals surface area (Å²) in [4.78, 5) is 34.5. The minimum atomic E-state index is -0.338. The summed E-state index contributed by atoms with van der Waals surface area (Å²) in [7, 11) is 3.91. The second-order valence-electron chi connectivity index (χ2n) is 10.1. The molecular formula is C27H32FN5O2. The second-order valence-corrected chi connectivity index (χ2v) is 10.1. The van der Waals surface area contributed by atoms with E-state index in [-0.39, 0.29) is 35.8 Å². The Morgan fingerprint density at radius 2 is 1.66 bits per heavy atom. The van der Waals surface area contributed by atoms with Crippen molar-refractivity contribution in [2.45, 2.75) is 32.1 Å². The summed E-state index contributed by atoms with van der Waals surface area (Å²) in [6, 6.07) is 5.23. The minimum absolute atomic E-state index is 0.0372. The molecule has 1 saturated carbocycles. The highest BCUT2D eigenvalue weighted by Gasteiger charge is 2.33. The molecule has 1 saturated heterocycles. The van der Waals surface area contributed by atoms with Gasteiger partial charge in [0.2, 0.25) is 5.91 Å². The SMILES string of the molecule is CN1CCN(C(=O)C2CCC(C(=O)Cc3cc4cc(-c5cnn(C)c5)cc(F)c4cn3)CC2)CC1. The first-order valence-electron chi connectivity index (χ1n) is 12.4. The maximum absolute atomic E-state index is 14.7. The summed E-state index contributed by atoms with van der Waals surface area (Å²) < 4.78 is 16.4. The highest BCUT2D eigenvalue weighted by molar-refractivity contribution is 5.89. The van der Waals surface area contributed by atoms with Crippen molar-refractivity contribution in [2.75, 3.05) is 33.2 Å². The van der Waals surface area contributed by atoms with Gasteiger partial charge in [0, 0.05) is 80.5 Å². The molecule has 184 valence electrons. The van der Waals surface area contributed by atoms with E-state index in [2.05, 4.69) is 22.0 Å². The van der Waals surface area contributed by atoms with Crippen LogP contribution in [0.4, 0.5) is 4.39 Å². The van der Waals surface area contributed by atoms with E-state index >= 15 is 0 Å². The number of hydrogen-bond donors (Lipinski definition) is 0. The molecule has 3 heterocycles. The number of likely N-dealkylation sites (N-methyl/N-ethyl adjacent to an activating group) is 1. The minimum Gasteiger partial charge on any atom is -0.340 e. The van der Waals surface area contributed by atoms with Gasteiger partial charge in [-0.2, -0.15) is 5.10 Å². The van der Waals surface area contributed by atoms with Crippen molar-refractivity contribution >= 4 is 22.5 Å². The first kappa shape index (κ1) is 23.6. The van der Waals surface area contributed by atoms with Gasteiger partial charge in [0.15, 0.2) is 0 Å². The van der Waals surface area contributed by atoms with Crippen LogP contribution < -0.4 is 0 Å². The molecule has 0 unspecified atom stereocenters. The molecule has 0 bridgehead atoms. The lowest BCUT2D eigenvalue weighted by Crippen LogP contribution is -2.49. The summed E-state index contributed by atoms with van der Waals surface area (Å²) in [6.45, 7) is 3.44. The number of pyridine rings is 1. The lowest BCUT2D eigenvalue weighted by Gasteiger charge is -2.36. The predicted molar refractivity (Wildman–Crippen MR) is 132 cm³/mol. The Balaban J connectivity index is 1.22. The van der Waals surface area contributed by atoms with E-state index in [1.807, 2.05) is 30.3 Å². The van der Waals surface area contributed by atoms with Gasteiger partial charge in [-0.05, 0) is 61.9 Å². The molecule has 1 amide bonds. The Morgan fingerprint density at radius 1 is 0.943 bits per heavy atom. The molecule has 0 atom stereocenters. The normalized spacial score (nSPS) is 21.4. The monoisotopic (exact) mass is 477 g/mol. The van der Waals surface area contributed by atoms with Crippen molar-refractivity contribution < 1.29 is 14.0 Å². The van der Waals surface area contributed by atoms with Crippen LogP contribution in [0.5, 0.6) is 0 Å². The zero-order valence-electron chi connectivity index (χ0n) is 20.4.